The Morgan fingerprint density at radius 1 is 1.50 bits per heavy atom. The highest BCUT2D eigenvalue weighted by atomic mass is 35.5. The SMILES string of the molecule is CC(=O)Nc1nc2c(s1)CN(C(=O)C(C)(C)CCl)CC2. The first-order chi connectivity index (χ1) is 9.33. The molecule has 5 nitrogen and oxygen atoms in total. The van der Waals surface area contributed by atoms with Crippen molar-refractivity contribution in [2.45, 2.75) is 33.7 Å². The zero-order chi connectivity index (χ0) is 14.9. The van der Waals surface area contributed by atoms with Crippen molar-refractivity contribution in [1.82, 2.24) is 9.88 Å². The Morgan fingerprint density at radius 3 is 2.80 bits per heavy atom. The molecule has 7 heteroatoms. The molecule has 0 bridgehead atoms. The van der Waals surface area contributed by atoms with Gasteiger partial charge >= 0.3 is 0 Å². The van der Waals surface area contributed by atoms with Gasteiger partial charge in [-0.1, -0.05) is 11.3 Å². The summed E-state index contributed by atoms with van der Waals surface area (Å²) in [6.45, 7) is 6.36. The number of nitrogens with one attached hydrogen (secondary N) is 1. The first-order valence-corrected chi connectivity index (χ1v) is 7.80. The predicted molar refractivity (Wildman–Crippen MR) is 80.0 cm³/mol. The van der Waals surface area contributed by atoms with Crippen molar-refractivity contribution < 1.29 is 9.59 Å². The average molecular weight is 316 g/mol. The van der Waals surface area contributed by atoms with Gasteiger partial charge in [-0.05, 0) is 13.8 Å². The molecule has 2 heterocycles. The molecule has 0 aliphatic carbocycles. The van der Waals surface area contributed by atoms with E-state index < -0.39 is 5.41 Å². The van der Waals surface area contributed by atoms with Crippen molar-refractivity contribution >= 4 is 39.9 Å². The van der Waals surface area contributed by atoms with Gasteiger partial charge in [0.05, 0.1) is 17.7 Å². The number of rotatable bonds is 3. The van der Waals surface area contributed by atoms with Crippen LogP contribution in [0, 0.1) is 5.41 Å². The molecule has 1 aliphatic heterocycles. The summed E-state index contributed by atoms with van der Waals surface area (Å²) in [7, 11) is 0. The molecule has 0 fully saturated rings. The van der Waals surface area contributed by atoms with E-state index in [1.807, 2.05) is 18.7 Å². The molecule has 20 heavy (non-hydrogen) atoms. The minimum Gasteiger partial charge on any atom is -0.337 e. The molecule has 0 saturated heterocycles. The van der Waals surface area contributed by atoms with Gasteiger partial charge in [-0.25, -0.2) is 4.98 Å². The van der Waals surface area contributed by atoms with Gasteiger partial charge in [0.1, 0.15) is 0 Å². The van der Waals surface area contributed by atoms with E-state index in [0.717, 1.165) is 17.0 Å². The van der Waals surface area contributed by atoms with E-state index in [0.29, 0.717) is 24.1 Å². The van der Waals surface area contributed by atoms with Crippen LogP contribution in [0.3, 0.4) is 0 Å². The predicted octanol–water partition coefficient (Wildman–Crippen LogP) is 2.25. The molecule has 2 rings (SSSR count). The number of aromatic nitrogens is 1. The third-order valence-corrected chi connectivity index (χ3v) is 4.88. The van der Waals surface area contributed by atoms with E-state index in [1.165, 1.54) is 18.3 Å². The second-order valence-corrected chi connectivity index (χ2v) is 6.92. The number of thiazole rings is 1. The van der Waals surface area contributed by atoms with Gasteiger partial charge in [-0.3, -0.25) is 9.59 Å². The van der Waals surface area contributed by atoms with E-state index in [-0.39, 0.29) is 11.8 Å². The fourth-order valence-corrected chi connectivity index (χ4v) is 3.24. The molecule has 110 valence electrons. The third-order valence-electron chi connectivity index (χ3n) is 3.21. The van der Waals surface area contributed by atoms with Crippen LogP contribution in [0.1, 0.15) is 31.3 Å². The Bertz CT molecular complexity index is 542. The molecule has 0 unspecified atom stereocenters. The lowest BCUT2D eigenvalue weighted by Gasteiger charge is -2.32. The topological polar surface area (TPSA) is 62.3 Å². The van der Waals surface area contributed by atoms with Gasteiger partial charge in [-0.15, -0.1) is 11.6 Å². The molecular formula is C13H18ClN3O2S. The highest BCUT2D eigenvalue weighted by molar-refractivity contribution is 7.15. The first-order valence-electron chi connectivity index (χ1n) is 6.45. The van der Waals surface area contributed by atoms with E-state index in [9.17, 15) is 9.59 Å². The number of amides is 2. The fraction of sp³-hybridized carbons (Fsp3) is 0.615. The lowest BCUT2D eigenvalue weighted by atomic mass is 9.93. The highest BCUT2D eigenvalue weighted by Gasteiger charge is 2.33. The van der Waals surface area contributed by atoms with E-state index in [1.54, 1.807) is 0 Å². The molecule has 1 aromatic heterocycles. The maximum absolute atomic E-state index is 12.4. The van der Waals surface area contributed by atoms with Gasteiger partial charge in [0.2, 0.25) is 11.8 Å². The summed E-state index contributed by atoms with van der Waals surface area (Å²) in [6.07, 6.45) is 0.718. The van der Waals surface area contributed by atoms with Crippen molar-refractivity contribution in [2.24, 2.45) is 5.41 Å². The van der Waals surface area contributed by atoms with Crippen molar-refractivity contribution in [3.63, 3.8) is 0 Å². The second-order valence-electron chi connectivity index (χ2n) is 5.56. The van der Waals surface area contributed by atoms with Crippen LogP contribution in [0.2, 0.25) is 0 Å². The lowest BCUT2D eigenvalue weighted by molar-refractivity contribution is -0.140. The number of hydrogen-bond donors (Lipinski definition) is 1. The van der Waals surface area contributed by atoms with Crippen LogP contribution in [0.15, 0.2) is 0 Å². The molecule has 0 atom stereocenters. The molecule has 1 N–H and O–H groups in total. The van der Waals surface area contributed by atoms with Crippen molar-refractivity contribution in [3.8, 4) is 0 Å². The van der Waals surface area contributed by atoms with Gasteiger partial charge in [0, 0.05) is 30.6 Å². The number of fused-ring (bicyclic) bond motifs is 1. The Balaban J connectivity index is 2.13. The summed E-state index contributed by atoms with van der Waals surface area (Å²) in [5, 5.41) is 3.30. The Hall–Kier alpha value is -1.14. The van der Waals surface area contributed by atoms with Crippen LogP contribution >= 0.6 is 22.9 Å². The summed E-state index contributed by atoms with van der Waals surface area (Å²) in [5.41, 5.74) is 0.427. The van der Waals surface area contributed by atoms with Crippen LogP contribution in [-0.4, -0.2) is 34.1 Å². The molecule has 0 radical (unpaired) electrons. The Labute approximate surface area is 127 Å². The zero-order valence-electron chi connectivity index (χ0n) is 11.8. The first kappa shape index (κ1) is 15.3. The molecule has 1 aromatic rings. The number of carbonyl (C=O) groups excluding carboxylic acids is 2. The average Bonchev–Trinajstić information content (AvgIpc) is 2.77. The Kier molecular flexibility index (Phi) is 4.34. The molecule has 0 saturated carbocycles. The van der Waals surface area contributed by atoms with Gasteiger partial charge < -0.3 is 10.2 Å². The number of alkyl halides is 1. The normalized spacial score (nSPS) is 14.9. The maximum atomic E-state index is 12.4. The molecular weight excluding hydrogens is 298 g/mol. The summed E-state index contributed by atoms with van der Waals surface area (Å²) in [6, 6.07) is 0. The van der Waals surface area contributed by atoms with Gasteiger partial charge in [-0.2, -0.15) is 0 Å². The molecule has 1 aliphatic rings. The molecule has 2 amide bonds. The summed E-state index contributed by atoms with van der Waals surface area (Å²) in [4.78, 5) is 30.7. The minimum atomic E-state index is -0.551. The monoisotopic (exact) mass is 315 g/mol. The molecule has 0 spiro atoms. The largest absolute Gasteiger partial charge is 0.337 e. The van der Waals surface area contributed by atoms with E-state index in [4.69, 9.17) is 11.6 Å². The van der Waals surface area contributed by atoms with E-state index >= 15 is 0 Å². The number of hydrogen-bond acceptors (Lipinski definition) is 4. The smallest absolute Gasteiger partial charge is 0.229 e. The zero-order valence-corrected chi connectivity index (χ0v) is 13.4. The number of carbonyl (C=O) groups is 2. The fourth-order valence-electron chi connectivity index (χ4n) is 2.06. The minimum absolute atomic E-state index is 0.0626. The lowest BCUT2D eigenvalue weighted by Crippen LogP contribution is -2.44. The quantitative estimate of drug-likeness (QED) is 0.870. The van der Waals surface area contributed by atoms with Gasteiger partial charge in [0.25, 0.3) is 0 Å². The van der Waals surface area contributed by atoms with Crippen LogP contribution in [0.25, 0.3) is 0 Å². The van der Waals surface area contributed by atoms with Crippen molar-refractivity contribution in [1.29, 1.82) is 0 Å². The second kappa shape index (κ2) is 5.69. The van der Waals surface area contributed by atoms with Crippen LogP contribution in [-0.2, 0) is 22.6 Å². The molecule has 0 aromatic carbocycles. The van der Waals surface area contributed by atoms with Gasteiger partial charge in [0.15, 0.2) is 5.13 Å². The summed E-state index contributed by atoms with van der Waals surface area (Å²) < 4.78 is 0. The number of halogens is 1. The standard InChI is InChI=1S/C13H18ClN3O2S/c1-8(18)15-12-16-9-4-5-17(6-10(9)20-12)11(19)13(2,3)7-14/h4-7H2,1-3H3,(H,15,16,18). The highest BCUT2D eigenvalue weighted by Crippen LogP contribution is 2.30. The van der Waals surface area contributed by atoms with Crippen molar-refractivity contribution in [2.75, 3.05) is 17.7 Å². The number of anilines is 1. The number of nitrogens with zero attached hydrogens (tertiary/aromatic N) is 2. The van der Waals surface area contributed by atoms with E-state index in [2.05, 4.69) is 10.3 Å². The van der Waals surface area contributed by atoms with Crippen molar-refractivity contribution in [3.05, 3.63) is 10.6 Å². The summed E-state index contributed by atoms with van der Waals surface area (Å²) >= 11 is 7.30. The summed E-state index contributed by atoms with van der Waals surface area (Å²) in [5.74, 6) is 0.231. The van der Waals surface area contributed by atoms with Crippen LogP contribution < -0.4 is 5.32 Å². The Morgan fingerprint density at radius 2 is 2.20 bits per heavy atom. The maximum Gasteiger partial charge on any atom is 0.229 e. The third kappa shape index (κ3) is 3.12. The van der Waals surface area contributed by atoms with Crippen LogP contribution in [0.4, 0.5) is 5.13 Å². The van der Waals surface area contributed by atoms with Crippen LogP contribution in [0.5, 0.6) is 0 Å².